The maximum absolute atomic E-state index is 12.5. The van der Waals surface area contributed by atoms with E-state index in [1.807, 2.05) is 0 Å². The van der Waals surface area contributed by atoms with Gasteiger partial charge < -0.3 is 28.4 Å². The highest BCUT2D eigenvalue weighted by Gasteiger charge is 2.35. The first-order valence-corrected chi connectivity index (χ1v) is 8.55. The highest BCUT2D eigenvalue weighted by Crippen LogP contribution is 2.24. The summed E-state index contributed by atoms with van der Waals surface area (Å²) in [5.74, 6) is -0.670. The van der Waals surface area contributed by atoms with Crippen molar-refractivity contribution >= 4 is 11.9 Å². The minimum Gasteiger partial charge on any atom is -0.496 e. The molecule has 28 heavy (non-hydrogen) atoms. The van der Waals surface area contributed by atoms with Crippen LogP contribution in [0.5, 0.6) is 11.5 Å². The Morgan fingerprint density at radius 2 is 1.14 bits per heavy atom. The Hall–Kier alpha value is -3.10. The predicted molar refractivity (Wildman–Crippen MR) is 96.3 cm³/mol. The van der Waals surface area contributed by atoms with Crippen LogP contribution in [0.25, 0.3) is 0 Å². The summed E-state index contributed by atoms with van der Waals surface area (Å²) >= 11 is 0. The molecule has 1 saturated heterocycles. The summed E-state index contributed by atoms with van der Waals surface area (Å²) in [6.07, 6.45) is -2.44. The molecule has 0 bridgehead atoms. The quantitative estimate of drug-likeness (QED) is 0.697. The third-order valence-corrected chi connectivity index (χ3v) is 3.97. The molecule has 1 fully saturated rings. The monoisotopic (exact) mass is 388 g/mol. The van der Waals surface area contributed by atoms with Gasteiger partial charge in [-0.25, -0.2) is 9.59 Å². The van der Waals surface area contributed by atoms with Gasteiger partial charge in [-0.3, -0.25) is 0 Å². The Morgan fingerprint density at radius 3 is 1.54 bits per heavy atom. The maximum atomic E-state index is 12.5. The second-order valence-electron chi connectivity index (χ2n) is 5.69. The van der Waals surface area contributed by atoms with Gasteiger partial charge in [0.1, 0.15) is 22.6 Å². The van der Waals surface area contributed by atoms with Gasteiger partial charge in [-0.05, 0) is 24.3 Å². The molecule has 0 spiro atoms. The fourth-order valence-electron chi connectivity index (χ4n) is 2.63. The Morgan fingerprint density at radius 1 is 0.750 bits per heavy atom. The predicted octanol–water partition coefficient (Wildman–Crippen LogP) is 2.42. The number of ether oxygens (including phenoxy) is 6. The molecule has 8 nitrogen and oxygen atoms in total. The van der Waals surface area contributed by atoms with Crippen LogP contribution in [0, 0.1) is 0 Å². The van der Waals surface area contributed by atoms with Gasteiger partial charge in [-0.1, -0.05) is 24.3 Å². The fraction of sp³-hybridized carbons (Fsp3) is 0.300. The van der Waals surface area contributed by atoms with Gasteiger partial charge in [0, 0.05) is 0 Å². The summed E-state index contributed by atoms with van der Waals surface area (Å²) in [5, 5.41) is 0. The van der Waals surface area contributed by atoms with E-state index in [-0.39, 0.29) is 24.3 Å². The number of carbonyl (C=O) groups excluding carboxylic acids is 2. The summed E-state index contributed by atoms with van der Waals surface area (Å²) in [6.45, 7) is 0.374. The third-order valence-electron chi connectivity index (χ3n) is 3.97. The molecule has 1 aliphatic rings. The lowest BCUT2D eigenvalue weighted by Gasteiger charge is -2.30. The van der Waals surface area contributed by atoms with Crippen molar-refractivity contribution in [1.29, 1.82) is 0 Å². The number of esters is 2. The second kappa shape index (κ2) is 9.20. The van der Waals surface area contributed by atoms with E-state index < -0.39 is 24.5 Å². The van der Waals surface area contributed by atoms with E-state index in [1.54, 1.807) is 48.5 Å². The summed E-state index contributed by atoms with van der Waals surface area (Å²) in [6, 6.07) is 13.2. The van der Waals surface area contributed by atoms with Crippen LogP contribution in [-0.2, 0) is 18.9 Å². The van der Waals surface area contributed by atoms with Gasteiger partial charge in [-0.2, -0.15) is 0 Å². The lowest BCUT2D eigenvalue weighted by Crippen LogP contribution is -2.44. The molecule has 0 aromatic heterocycles. The molecule has 0 N–H and O–H groups in total. The number of methoxy groups -OCH3 is 2. The van der Waals surface area contributed by atoms with Crippen LogP contribution in [0.2, 0.25) is 0 Å². The average Bonchev–Trinajstić information content (AvgIpc) is 2.74. The minimum atomic E-state index is -1.22. The smallest absolute Gasteiger partial charge is 0.344 e. The number of rotatable bonds is 6. The Kier molecular flexibility index (Phi) is 6.46. The van der Waals surface area contributed by atoms with Crippen LogP contribution in [0.3, 0.4) is 0 Å². The van der Waals surface area contributed by atoms with Crippen molar-refractivity contribution in [3.63, 3.8) is 0 Å². The Balaban J connectivity index is 1.72. The van der Waals surface area contributed by atoms with Gasteiger partial charge in [-0.15, -0.1) is 0 Å². The molecule has 0 amide bonds. The highest BCUT2D eigenvalue weighted by atomic mass is 16.8. The van der Waals surface area contributed by atoms with Crippen molar-refractivity contribution in [2.75, 3.05) is 27.4 Å². The summed E-state index contributed by atoms with van der Waals surface area (Å²) in [4.78, 5) is 25.0. The largest absolute Gasteiger partial charge is 0.496 e. The zero-order chi connectivity index (χ0) is 19.9. The van der Waals surface area contributed by atoms with E-state index in [0.29, 0.717) is 11.5 Å². The second-order valence-corrected chi connectivity index (χ2v) is 5.69. The van der Waals surface area contributed by atoms with E-state index >= 15 is 0 Å². The normalized spacial score (nSPS) is 18.8. The molecule has 1 heterocycles. The van der Waals surface area contributed by atoms with Crippen molar-refractivity contribution in [2.45, 2.75) is 12.6 Å². The van der Waals surface area contributed by atoms with E-state index in [1.165, 1.54) is 14.2 Å². The number of hydrogen-bond acceptors (Lipinski definition) is 8. The molecule has 2 aromatic carbocycles. The third kappa shape index (κ3) is 4.41. The first-order chi connectivity index (χ1) is 13.6. The Labute approximate surface area is 161 Å². The van der Waals surface area contributed by atoms with Crippen LogP contribution >= 0.6 is 0 Å². The molecule has 1 aliphatic heterocycles. The van der Waals surface area contributed by atoms with Gasteiger partial charge in [0.2, 0.25) is 0 Å². The van der Waals surface area contributed by atoms with Gasteiger partial charge in [0.05, 0.1) is 27.4 Å². The van der Waals surface area contributed by atoms with E-state index in [0.717, 1.165) is 0 Å². The molecule has 148 valence electrons. The summed E-state index contributed by atoms with van der Waals surface area (Å²) in [7, 11) is 2.90. The first kappa shape index (κ1) is 19.7. The fourth-order valence-corrected chi connectivity index (χ4v) is 2.63. The van der Waals surface area contributed by atoms with Crippen LogP contribution in [0.1, 0.15) is 20.7 Å². The molecule has 0 unspecified atom stereocenters. The molecule has 2 aromatic rings. The minimum absolute atomic E-state index is 0.187. The standard InChI is InChI=1S/C20H20O8/c1-23-15-9-5-3-7-13(15)17(21)27-19-20(26-12-11-25-19)28-18(22)14-8-4-6-10-16(14)24-2/h3-10,19-20H,11-12H2,1-2H3/t19-,20-/m1/s1. The SMILES string of the molecule is COc1ccccc1C(=O)O[C@H]1OCCO[C@@H]1OC(=O)c1ccccc1OC. The molecular weight excluding hydrogens is 368 g/mol. The number of benzene rings is 2. The van der Waals surface area contributed by atoms with Crippen molar-refractivity contribution in [3.8, 4) is 11.5 Å². The number of hydrogen-bond donors (Lipinski definition) is 0. The lowest BCUT2D eigenvalue weighted by molar-refractivity contribution is -0.288. The zero-order valence-electron chi connectivity index (χ0n) is 15.5. The van der Waals surface area contributed by atoms with E-state index in [4.69, 9.17) is 28.4 Å². The molecule has 2 atom stereocenters. The van der Waals surface area contributed by atoms with Gasteiger partial charge in [0.25, 0.3) is 12.6 Å². The molecule has 3 rings (SSSR count). The van der Waals surface area contributed by atoms with E-state index in [2.05, 4.69) is 0 Å². The molecule has 0 saturated carbocycles. The van der Waals surface area contributed by atoms with Crippen molar-refractivity contribution in [3.05, 3.63) is 59.7 Å². The van der Waals surface area contributed by atoms with Gasteiger partial charge in [0.15, 0.2) is 0 Å². The van der Waals surface area contributed by atoms with Gasteiger partial charge >= 0.3 is 11.9 Å². The molecular formula is C20H20O8. The number of para-hydroxylation sites is 2. The topological polar surface area (TPSA) is 89.5 Å². The lowest BCUT2D eigenvalue weighted by atomic mass is 10.2. The van der Waals surface area contributed by atoms with Crippen LogP contribution in [0.15, 0.2) is 48.5 Å². The summed E-state index contributed by atoms with van der Waals surface area (Å²) in [5.41, 5.74) is 0.433. The Bertz CT molecular complexity index is 765. The van der Waals surface area contributed by atoms with Crippen molar-refractivity contribution in [2.24, 2.45) is 0 Å². The van der Waals surface area contributed by atoms with E-state index in [9.17, 15) is 9.59 Å². The number of carbonyl (C=O) groups is 2. The summed E-state index contributed by atoms with van der Waals surface area (Å²) < 4.78 is 31.9. The molecule has 0 aliphatic carbocycles. The van der Waals surface area contributed by atoms with Crippen LogP contribution < -0.4 is 9.47 Å². The maximum Gasteiger partial charge on any atom is 0.344 e. The van der Waals surface area contributed by atoms with Crippen LogP contribution in [-0.4, -0.2) is 52.0 Å². The van der Waals surface area contributed by atoms with Crippen molar-refractivity contribution < 1.29 is 38.0 Å². The zero-order valence-corrected chi connectivity index (χ0v) is 15.5. The highest BCUT2D eigenvalue weighted by molar-refractivity contribution is 5.93. The first-order valence-electron chi connectivity index (χ1n) is 8.55. The van der Waals surface area contributed by atoms with Crippen molar-refractivity contribution in [1.82, 2.24) is 0 Å². The molecule has 8 heteroatoms. The molecule has 0 radical (unpaired) electrons. The average molecular weight is 388 g/mol. The van der Waals surface area contributed by atoms with Crippen LogP contribution in [0.4, 0.5) is 0 Å².